The first-order chi connectivity index (χ1) is 9.15. The zero-order valence-electron chi connectivity index (χ0n) is 11.4. The Labute approximate surface area is 117 Å². The molecule has 4 nitrogen and oxygen atoms in total. The van der Waals surface area contributed by atoms with E-state index in [9.17, 15) is 4.79 Å². The van der Waals surface area contributed by atoms with Crippen molar-refractivity contribution in [2.45, 2.75) is 32.5 Å². The maximum Gasteiger partial charge on any atom is 0.238 e. The fraction of sp³-hybridized carbons (Fsp3) is 0.643. The number of aryl methyl sites for hydroxylation is 1. The first kappa shape index (κ1) is 13.1. The number of nitrogens with one attached hydrogen (secondary N) is 1. The van der Waals surface area contributed by atoms with E-state index in [4.69, 9.17) is 4.74 Å². The van der Waals surface area contributed by atoms with E-state index in [0.29, 0.717) is 12.5 Å². The van der Waals surface area contributed by atoms with E-state index in [1.54, 1.807) is 11.3 Å². The van der Waals surface area contributed by atoms with Crippen LogP contribution in [0.3, 0.4) is 0 Å². The number of rotatable bonds is 3. The number of ether oxygens (including phenoxy) is 1. The van der Waals surface area contributed by atoms with Crippen LogP contribution in [0.4, 0.5) is 0 Å². The standard InChI is InChI=1S/C14H20N2O2S/c1-9-3-4-12(19-9)14-15-7-13(17)16(14)8-11-5-6-18-10(11)2/h3-4,10-11,14-15H,5-8H2,1-2H3. The summed E-state index contributed by atoms with van der Waals surface area (Å²) in [5.74, 6) is 0.669. The summed E-state index contributed by atoms with van der Waals surface area (Å²) in [5.41, 5.74) is 0. The second-order valence-electron chi connectivity index (χ2n) is 5.40. The summed E-state index contributed by atoms with van der Waals surface area (Å²) < 4.78 is 5.60. The third-order valence-electron chi connectivity index (χ3n) is 4.07. The van der Waals surface area contributed by atoms with Gasteiger partial charge in [0.05, 0.1) is 12.6 Å². The van der Waals surface area contributed by atoms with Crippen molar-refractivity contribution in [3.05, 3.63) is 21.9 Å². The smallest absolute Gasteiger partial charge is 0.238 e. The number of hydrogen-bond acceptors (Lipinski definition) is 4. The van der Waals surface area contributed by atoms with Crippen LogP contribution in [0.15, 0.2) is 12.1 Å². The number of nitrogens with zero attached hydrogens (tertiary/aromatic N) is 1. The lowest BCUT2D eigenvalue weighted by Gasteiger charge is -2.27. The second kappa shape index (κ2) is 5.23. The summed E-state index contributed by atoms with van der Waals surface area (Å²) in [5, 5.41) is 3.32. The molecular formula is C14H20N2O2S. The molecule has 1 aromatic heterocycles. The number of thiophene rings is 1. The molecule has 1 N–H and O–H groups in total. The van der Waals surface area contributed by atoms with Crippen molar-refractivity contribution in [1.29, 1.82) is 0 Å². The Morgan fingerprint density at radius 2 is 2.37 bits per heavy atom. The van der Waals surface area contributed by atoms with Crippen LogP contribution in [0.25, 0.3) is 0 Å². The molecule has 0 aromatic carbocycles. The molecule has 3 atom stereocenters. The van der Waals surface area contributed by atoms with Crippen LogP contribution in [-0.2, 0) is 9.53 Å². The normalized spacial score (nSPS) is 31.4. The van der Waals surface area contributed by atoms with E-state index in [1.165, 1.54) is 9.75 Å². The van der Waals surface area contributed by atoms with E-state index < -0.39 is 0 Å². The molecule has 1 aromatic rings. The zero-order chi connectivity index (χ0) is 13.4. The van der Waals surface area contributed by atoms with Gasteiger partial charge in [0.2, 0.25) is 5.91 Å². The SMILES string of the molecule is Cc1ccc(C2NCC(=O)N2CC2CCOC2C)s1. The van der Waals surface area contributed by atoms with Crippen LogP contribution >= 0.6 is 11.3 Å². The van der Waals surface area contributed by atoms with Gasteiger partial charge < -0.3 is 9.64 Å². The van der Waals surface area contributed by atoms with Crippen LogP contribution in [0.2, 0.25) is 0 Å². The molecule has 0 bridgehead atoms. The van der Waals surface area contributed by atoms with Gasteiger partial charge in [0, 0.05) is 28.8 Å². The fourth-order valence-corrected chi connectivity index (χ4v) is 3.84. The summed E-state index contributed by atoms with van der Waals surface area (Å²) in [6, 6.07) is 4.24. The van der Waals surface area contributed by atoms with E-state index >= 15 is 0 Å². The minimum Gasteiger partial charge on any atom is -0.378 e. The lowest BCUT2D eigenvalue weighted by Crippen LogP contribution is -2.36. The summed E-state index contributed by atoms with van der Waals surface area (Å²) in [7, 11) is 0. The quantitative estimate of drug-likeness (QED) is 0.919. The molecule has 3 heterocycles. The monoisotopic (exact) mass is 280 g/mol. The van der Waals surface area contributed by atoms with Gasteiger partial charge in [0.25, 0.3) is 0 Å². The third-order valence-corrected chi connectivity index (χ3v) is 5.13. The van der Waals surface area contributed by atoms with Crippen molar-refractivity contribution in [1.82, 2.24) is 10.2 Å². The van der Waals surface area contributed by atoms with Crippen molar-refractivity contribution >= 4 is 17.2 Å². The molecule has 0 radical (unpaired) electrons. The zero-order valence-corrected chi connectivity index (χ0v) is 12.2. The van der Waals surface area contributed by atoms with E-state index in [-0.39, 0.29) is 18.2 Å². The van der Waals surface area contributed by atoms with Crippen LogP contribution < -0.4 is 5.32 Å². The molecule has 2 aliphatic rings. The molecule has 0 saturated carbocycles. The third kappa shape index (κ3) is 2.55. The summed E-state index contributed by atoms with van der Waals surface area (Å²) in [6.45, 7) is 6.28. The summed E-state index contributed by atoms with van der Waals surface area (Å²) >= 11 is 1.76. The first-order valence-electron chi connectivity index (χ1n) is 6.86. The minimum absolute atomic E-state index is 0.0546. The average molecular weight is 280 g/mol. The molecule has 2 saturated heterocycles. The van der Waals surface area contributed by atoms with Crippen LogP contribution in [0, 0.1) is 12.8 Å². The van der Waals surface area contributed by atoms with Crippen molar-refractivity contribution in [3.63, 3.8) is 0 Å². The number of carbonyl (C=O) groups is 1. The summed E-state index contributed by atoms with van der Waals surface area (Å²) in [6.07, 6.45) is 1.37. The van der Waals surface area contributed by atoms with Crippen molar-refractivity contribution in [2.24, 2.45) is 5.92 Å². The predicted molar refractivity (Wildman–Crippen MR) is 75.0 cm³/mol. The molecule has 0 aliphatic carbocycles. The van der Waals surface area contributed by atoms with E-state index in [0.717, 1.165) is 19.6 Å². The van der Waals surface area contributed by atoms with Gasteiger partial charge in [-0.15, -0.1) is 11.3 Å². The molecule has 2 fully saturated rings. The van der Waals surface area contributed by atoms with Crippen molar-refractivity contribution in [3.8, 4) is 0 Å². The molecule has 0 spiro atoms. The first-order valence-corrected chi connectivity index (χ1v) is 7.67. The Kier molecular flexibility index (Phi) is 3.60. The molecule has 2 aliphatic heterocycles. The highest BCUT2D eigenvalue weighted by atomic mass is 32.1. The Hall–Kier alpha value is -0.910. The van der Waals surface area contributed by atoms with E-state index in [2.05, 4.69) is 31.3 Å². The average Bonchev–Trinajstić information content (AvgIpc) is 3.05. The van der Waals surface area contributed by atoms with Crippen LogP contribution in [0.5, 0.6) is 0 Å². The number of carbonyl (C=O) groups excluding carboxylic acids is 1. The highest BCUT2D eigenvalue weighted by Gasteiger charge is 2.36. The minimum atomic E-state index is 0.0546. The molecular weight excluding hydrogens is 260 g/mol. The predicted octanol–water partition coefficient (Wildman–Crippen LogP) is 1.91. The van der Waals surface area contributed by atoms with Gasteiger partial charge in [-0.1, -0.05) is 0 Å². The second-order valence-corrected chi connectivity index (χ2v) is 6.72. The molecule has 3 rings (SSSR count). The largest absolute Gasteiger partial charge is 0.378 e. The maximum atomic E-state index is 12.1. The number of amides is 1. The van der Waals surface area contributed by atoms with E-state index in [1.807, 2.05) is 4.90 Å². The fourth-order valence-electron chi connectivity index (χ4n) is 2.87. The highest BCUT2D eigenvalue weighted by Crippen LogP contribution is 2.31. The van der Waals surface area contributed by atoms with Crippen LogP contribution in [-0.4, -0.2) is 36.6 Å². The van der Waals surface area contributed by atoms with Gasteiger partial charge in [-0.05, 0) is 32.4 Å². The number of hydrogen-bond donors (Lipinski definition) is 1. The Morgan fingerprint density at radius 1 is 1.53 bits per heavy atom. The topological polar surface area (TPSA) is 41.6 Å². The van der Waals surface area contributed by atoms with Gasteiger partial charge in [-0.3, -0.25) is 10.1 Å². The Balaban J connectivity index is 1.75. The van der Waals surface area contributed by atoms with Crippen LogP contribution in [0.1, 0.15) is 29.3 Å². The Morgan fingerprint density at radius 3 is 3.00 bits per heavy atom. The van der Waals surface area contributed by atoms with Gasteiger partial charge in [0.15, 0.2) is 0 Å². The van der Waals surface area contributed by atoms with Gasteiger partial charge >= 0.3 is 0 Å². The molecule has 1 amide bonds. The summed E-state index contributed by atoms with van der Waals surface area (Å²) in [4.78, 5) is 16.6. The molecule has 104 valence electrons. The molecule has 19 heavy (non-hydrogen) atoms. The lowest BCUT2D eigenvalue weighted by molar-refractivity contribution is -0.128. The van der Waals surface area contributed by atoms with Crippen molar-refractivity contribution in [2.75, 3.05) is 19.7 Å². The molecule has 3 unspecified atom stereocenters. The maximum absolute atomic E-state index is 12.1. The molecule has 5 heteroatoms. The van der Waals surface area contributed by atoms with Gasteiger partial charge in [-0.25, -0.2) is 0 Å². The Bertz CT molecular complexity index is 474. The van der Waals surface area contributed by atoms with Gasteiger partial charge in [0.1, 0.15) is 6.17 Å². The van der Waals surface area contributed by atoms with Gasteiger partial charge in [-0.2, -0.15) is 0 Å². The lowest BCUT2D eigenvalue weighted by atomic mass is 10.0. The van der Waals surface area contributed by atoms with Crippen molar-refractivity contribution < 1.29 is 9.53 Å². The highest BCUT2D eigenvalue weighted by molar-refractivity contribution is 7.12.